The normalized spacial score (nSPS) is 21.8. The van der Waals surface area contributed by atoms with Gasteiger partial charge in [-0.1, -0.05) is 0 Å². The van der Waals surface area contributed by atoms with Crippen molar-refractivity contribution in [3.63, 3.8) is 0 Å². The molecule has 0 aromatic carbocycles. The first-order valence-corrected chi connectivity index (χ1v) is 8.50. The van der Waals surface area contributed by atoms with Gasteiger partial charge in [-0.15, -0.1) is 0 Å². The number of aliphatic hydroxyl groups is 1. The smallest absolute Gasteiger partial charge is 0.290 e. The highest BCUT2D eigenvalue weighted by Gasteiger charge is 2.42. The van der Waals surface area contributed by atoms with Crippen molar-refractivity contribution in [3.05, 3.63) is 11.3 Å². The van der Waals surface area contributed by atoms with Gasteiger partial charge in [0.05, 0.1) is 6.10 Å². The molecule has 1 aromatic rings. The van der Waals surface area contributed by atoms with Gasteiger partial charge in [-0.05, 0) is 12.8 Å². The quantitative estimate of drug-likeness (QED) is 0.799. The highest BCUT2D eigenvalue weighted by Crippen LogP contribution is 2.42. The van der Waals surface area contributed by atoms with Crippen molar-refractivity contribution in [2.75, 3.05) is 24.2 Å². The van der Waals surface area contributed by atoms with Crippen LogP contribution >= 0.6 is 0 Å². The predicted octanol–water partition coefficient (Wildman–Crippen LogP) is 0.489. The van der Waals surface area contributed by atoms with Crippen molar-refractivity contribution in [1.82, 2.24) is 9.97 Å². The van der Waals surface area contributed by atoms with Gasteiger partial charge in [0.25, 0.3) is 5.92 Å². The molecule has 1 N–H and O–H groups in total. The second-order valence-corrected chi connectivity index (χ2v) is 7.46. The predicted molar refractivity (Wildman–Crippen MR) is 70.2 cm³/mol. The molecule has 2 aliphatic rings. The summed E-state index contributed by atoms with van der Waals surface area (Å²) in [6.07, 6.45) is 0.690. The molecule has 2 heterocycles. The molecule has 21 heavy (non-hydrogen) atoms. The lowest BCUT2D eigenvalue weighted by atomic mass is 9.92. The third-order valence-electron chi connectivity index (χ3n) is 3.72. The van der Waals surface area contributed by atoms with E-state index in [-0.39, 0.29) is 25.3 Å². The number of hydrogen-bond donors (Lipinski definition) is 1. The van der Waals surface area contributed by atoms with Crippen LogP contribution in [0, 0.1) is 0 Å². The number of halogens is 2. The molecular weight excluding hydrogens is 304 g/mol. The monoisotopic (exact) mass is 319 g/mol. The van der Waals surface area contributed by atoms with E-state index < -0.39 is 32.7 Å². The molecule has 3 rings (SSSR count). The fourth-order valence-corrected chi connectivity index (χ4v) is 3.16. The second kappa shape index (κ2) is 4.57. The summed E-state index contributed by atoms with van der Waals surface area (Å²) in [6, 6.07) is 0. The molecular formula is C12H15F2N3O3S. The number of rotatable bonds is 2. The summed E-state index contributed by atoms with van der Waals surface area (Å²) in [5.74, 6) is -2.93. The molecule has 0 unspecified atom stereocenters. The van der Waals surface area contributed by atoms with Crippen LogP contribution in [0.1, 0.15) is 24.1 Å². The number of hydrogen-bond acceptors (Lipinski definition) is 6. The Morgan fingerprint density at radius 3 is 2.57 bits per heavy atom. The summed E-state index contributed by atoms with van der Waals surface area (Å²) in [5, 5.41) is 8.78. The van der Waals surface area contributed by atoms with Gasteiger partial charge in [0, 0.05) is 31.3 Å². The summed E-state index contributed by atoms with van der Waals surface area (Å²) in [4.78, 5) is 9.19. The second-order valence-electron chi connectivity index (χ2n) is 5.55. The highest BCUT2D eigenvalue weighted by molar-refractivity contribution is 7.90. The molecule has 1 aliphatic heterocycles. The number of sulfone groups is 1. The molecule has 0 bridgehead atoms. The molecule has 116 valence electrons. The van der Waals surface area contributed by atoms with E-state index in [0.29, 0.717) is 18.4 Å². The number of fused-ring (bicyclic) bond motifs is 1. The minimum atomic E-state index is -3.78. The maximum atomic E-state index is 14.1. The molecule has 9 heteroatoms. The summed E-state index contributed by atoms with van der Waals surface area (Å²) in [7, 11) is -3.78. The topological polar surface area (TPSA) is 83.4 Å². The first-order valence-electron chi connectivity index (χ1n) is 6.61. The number of aromatic nitrogens is 2. The highest BCUT2D eigenvalue weighted by atomic mass is 32.2. The number of anilines is 1. The Hall–Kier alpha value is -1.35. The lowest BCUT2D eigenvalue weighted by Crippen LogP contribution is -2.52. The Balaban J connectivity index is 2.19. The van der Waals surface area contributed by atoms with E-state index in [0.717, 1.165) is 6.26 Å². The zero-order chi connectivity index (χ0) is 15.4. The van der Waals surface area contributed by atoms with Gasteiger partial charge in [-0.25, -0.2) is 18.4 Å². The van der Waals surface area contributed by atoms with E-state index in [1.807, 2.05) is 0 Å². The van der Waals surface area contributed by atoms with Crippen LogP contribution < -0.4 is 4.90 Å². The van der Waals surface area contributed by atoms with Gasteiger partial charge >= 0.3 is 0 Å². The van der Waals surface area contributed by atoms with Gasteiger partial charge in [0.15, 0.2) is 0 Å². The number of β-amino-alcohol motifs (C(OH)–C–C–N with tert-alkyl or cyclic N) is 1. The summed E-state index contributed by atoms with van der Waals surface area (Å²) in [5.41, 5.74) is -0.189. The van der Waals surface area contributed by atoms with Crippen molar-refractivity contribution < 1.29 is 22.3 Å². The maximum absolute atomic E-state index is 14.1. The zero-order valence-electron chi connectivity index (χ0n) is 11.4. The van der Waals surface area contributed by atoms with Crippen LogP contribution in [0.25, 0.3) is 0 Å². The summed E-state index contributed by atoms with van der Waals surface area (Å²) >= 11 is 0. The number of nitrogens with zero attached hydrogens (tertiary/aromatic N) is 3. The van der Waals surface area contributed by atoms with Crippen LogP contribution in [-0.4, -0.2) is 48.9 Å². The van der Waals surface area contributed by atoms with Crippen LogP contribution in [0.15, 0.2) is 5.16 Å². The molecule has 1 saturated heterocycles. The number of alkyl halides is 2. The van der Waals surface area contributed by atoms with Gasteiger partial charge in [0.2, 0.25) is 15.0 Å². The third kappa shape index (κ3) is 2.48. The van der Waals surface area contributed by atoms with E-state index in [4.69, 9.17) is 0 Å². The fraction of sp³-hybridized carbons (Fsp3) is 0.667. The van der Waals surface area contributed by atoms with Crippen LogP contribution in [0.4, 0.5) is 14.6 Å². The molecule has 0 amide bonds. The van der Waals surface area contributed by atoms with E-state index in [2.05, 4.69) is 9.97 Å². The summed E-state index contributed by atoms with van der Waals surface area (Å²) < 4.78 is 51.4. The van der Waals surface area contributed by atoms with Crippen LogP contribution in [0.3, 0.4) is 0 Å². The largest absolute Gasteiger partial charge is 0.389 e. The Bertz CT molecular complexity index is 687. The van der Waals surface area contributed by atoms with Gasteiger partial charge in [-0.3, -0.25) is 0 Å². The Labute approximate surface area is 120 Å². The Morgan fingerprint density at radius 2 is 2.00 bits per heavy atom. The molecule has 0 saturated carbocycles. The van der Waals surface area contributed by atoms with E-state index >= 15 is 0 Å². The number of aliphatic hydroxyl groups excluding tert-OH is 1. The van der Waals surface area contributed by atoms with Gasteiger partial charge < -0.3 is 10.0 Å². The average Bonchev–Trinajstić information content (AvgIpc) is 2.33. The van der Waals surface area contributed by atoms with E-state index in [1.165, 1.54) is 0 Å². The van der Waals surface area contributed by atoms with Crippen molar-refractivity contribution in [2.45, 2.75) is 36.4 Å². The SMILES string of the molecule is CS(=O)(=O)c1nc(N2CC(O)C2)c2c(n1)C(F)(F)CCC2. The first-order chi connectivity index (χ1) is 9.68. The van der Waals surface area contributed by atoms with Crippen LogP contribution in [0.5, 0.6) is 0 Å². The van der Waals surface area contributed by atoms with E-state index in [1.54, 1.807) is 4.90 Å². The molecule has 1 aliphatic carbocycles. The Morgan fingerprint density at radius 1 is 1.33 bits per heavy atom. The standard InChI is InChI=1S/C12H15F2N3O3S/c1-21(19,20)11-15-9-8(3-2-4-12(9,13)14)10(16-11)17-5-7(18)6-17/h7,18H,2-6H2,1H3. The molecule has 1 aromatic heterocycles. The molecule has 1 fully saturated rings. The maximum Gasteiger partial charge on any atom is 0.290 e. The molecule has 0 atom stereocenters. The minimum Gasteiger partial charge on any atom is -0.389 e. The van der Waals surface area contributed by atoms with Crippen LogP contribution in [-0.2, 0) is 22.2 Å². The van der Waals surface area contributed by atoms with Crippen molar-refractivity contribution in [3.8, 4) is 0 Å². The lowest BCUT2D eigenvalue weighted by Gasteiger charge is -2.39. The summed E-state index contributed by atoms with van der Waals surface area (Å²) in [6.45, 7) is 0.524. The average molecular weight is 319 g/mol. The van der Waals surface area contributed by atoms with E-state index in [9.17, 15) is 22.3 Å². The van der Waals surface area contributed by atoms with Crippen molar-refractivity contribution in [1.29, 1.82) is 0 Å². The van der Waals surface area contributed by atoms with Gasteiger partial charge in [0.1, 0.15) is 11.5 Å². The Kier molecular flexibility index (Phi) is 3.17. The van der Waals surface area contributed by atoms with Gasteiger partial charge in [-0.2, -0.15) is 8.78 Å². The fourth-order valence-electron chi connectivity index (χ4n) is 2.65. The molecule has 0 radical (unpaired) electrons. The lowest BCUT2D eigenvalue weighted by molar-refractivity contribution is -0.0271. The first kappa shape index (κ1) is 14.6. The molecule has 6 nitrogen and oxygen atoms in total. The van der Waals surface area contributed by atoms with Crippen molar-refractivity contribution in [2.24, 2.45) is 0 Å². The van der Waals surface area contributed by atoms with Crippen LogP contribution in [0.2, 0.25) is 0 Å². The molecule has 0 spiro atoms. The van der Waals surface area contributed by atoms with Crippen molar-refractivity contribution >= 4 is 15.7 Å². The minimum absolute atomic E-state index is 0.213. The zero-order valence-corrected chi connectivity index (χ0v) is 12.2. The third-order valence-corrected chi connectivity index (χ3v) is 4.57.